The lowest BCUT2D eigenvalue weighted by Crippen LogP contribution is -2.32. The maximum atomic E-state index is 4.53. The molecule has 0 aliphatic carbocycles. The first-order valence-corrected chi connectivity index (χ1v) is 8.10. The maximum absolute atomic E-state index is 4.53. The molecule has 1 aliphatic heterocycles. The molecular formula is C20H22N3+. The van der Waals surface area contributed by atoms with Crippen LogP contribution in [0.5, 0.6) is 0 Å². The van der Waals surface area contributed by atoms with Gasteiger partial charge in [-0.3, -0.25) is 0 Å². The Labute approximate surface area is 137 Å². The summed E-state index contributed by atoms with van der Waals surface area (Å²) in [5, 5.41) is 0. The van der Waals surface area contributed by atoms with Gasteiger partial charge in [0.2, 0.25) is 5.69 Å². The number of nitrogens with zero attached hydrogens (tertiary/aromatic N) is 3. The summed E-state index contributed by atoms with van der Waals surface area (Å²) < 4.78 is 4.51. The summed E-state index contributed by atoms with van der Waals surface area (Å²) >= 11 is 0. The molecule has 3 aromatic rings. The van der Waals surface area contributed by atoms with Crippen LogP contribution in [0.3, 0.4) is 0 Å². The number of rotatable bonds is 1. The summed E-state index contributed by atoms with van der Waals surface area (Å²) in [7, 11) is 2.14. The highest BCUT2D eigenvalue weighted by atomic mass is 15.1. The molecule has 0 spiro atoms. The molecule has 0 amide bonds. The fourth-order valence-electron chi connectivity index (χ4n) is 3.78. The first-order valence-electron chi connectivity index (χ1n) is 8.10. The van der Waals surface area contributed by atoms with Gasteiger partial charge >= 0.3 is 0 Å². The van der Waals surface area contributed by atoms with Crippen LogP contribution in [0.4, 0.5) is 0 Å². The van der Waals surface area contributed by atoms with Crippen LogP contribution in [0.15, 0.2) is 30.7 Å². The molecule has 0 radical (unpaired) electrons. The smallest absolute Gasteiger partial charge is 0.214 e. The predicted molar refractivity (Wildman–Crippen MR) is 91.9 cm³/mol. The standard InChI is InChI=1S/C20H22N3/c1-12-9-17(22(5)11-15(12)4)19-14(3)8-13(2)16-10-18-21-6-7-23(18)20(16)19/h6-9,11H,10H2,1-5H3/q+1. The molecule has 1 aromatic carbocycles. The molecule has 116 valence electrons. The summed E-state index contributed by atoms with van der Waals surface area (Å²) in [6.07, 6.45) is 7.14. The zero-order chi connectivity index (χ0) is 16.3. The summed E-state index contributed by atoms with van der Waals surface area (Å²) in [6.45, 7) is 8.78. The van der Waals surface area contributed by atoms with Crippen molar-refractivity contribution in [3.05, 3.63) is 64.4 Å². The molecule has 3 nitrogen and oxygen atoms in total. The van der Waals surface area contributed by atoms with Gasteiger partial charge in [-0.1, -0.05) is 6.07 Å². The number of pyridine rings is 1. The second kappa shape index (κ2) is 4.79. The van der Waals surface area contributed by atoms with Crippen LogP contribution >= 0.6 is 0 Å². The lowest BCUT2D eigenvalue weighted by Gasteiger charge is -2.15. The van der Waals surface area contributed by atoms with E-state index in [1.807, 2.05) is 6.20 Å². The molecule has 0 unspecified atom stereocenters. The number of aryl methyl sites for hydroxylation is 5. The van der Waals surface area contributed by atoms with Gasteiger partial charge < -0.3 is 4.57 Å². The van der Waals surface area contributed by atoms with Crippen molar-refractivity contribution in [1.82, 2.24) is 9.55 Å². The van der Waals surface area contributed by atoms with Crippen LogP contribution in [-0.4, -0.2) is 9.55 Å². The van der Waals surface area contributed by atoms with Crippen LogP contribution in [0, 0.1) is 27.7 Å². The normalized spacial score (nSPS) is 12.4. The molecule has 3 heterocycles. The molecule has 0 fully saturated rings. The third-order valence-electron chi connectivity index (χ3n) is 5.12. The average molecular weight is 304 g/mol. The molecule has 3 heteroatoms. The molecule has 0 bridgehead atoms. The van der Waals surface area contributed by atoms with E-state index in [0.29, 0.717) is 0 Å². The number of hydrogen-bond acceptors (Lipinski definition) is 1. The van der Waals surface area contributed by atoms with Crippen molar-refractivity contribution in [1.29, 1.82) is 0 Å². The number of imidazole rings is 1. The Hall–Kier alpha value is -2.42. The summed E-state index contributed by atoms with van der Waals surface area (Å²) in [5.74, 6) is 1.14. The molecule has 0 saturated carbocycles. The Bertz CT molecular complexity index is 948. The monoisotopic (exact) mass is 304 g/mol. The number of aromatic nitrogens is 3. The van der Waals surface area contributed by atoms with Crippen molar-refractivity contribution >= 4 is 0 Å². The molecule has 0 N–H and O–H groups in total. The van der Waals surface area contributed by atoms with E-state index < -0.39 is 0 Å². The van der Waals surface area contributed by atoms with Crippen molar-refractivity contribution in [2.75, 3.05) is 0 Å². The Morgan fingerprint density at radius 1 is 1.00 bits per heavy atom. The Balaban J connectivity index is 2.09. The van der Waals surface area contributed by atoms with Crippen molar-refractivity contribution in [3.63, 3.8) is 0 Å². The highest BCUT2D eigenvalue weighted by Crippen LogP contribution is 2.39. The van der Waals surface area contributed by atoms with E-state index in [4.69, 9.17) is 0 Å². The molecule has 1 aliphatic rings. The molecular weight excluding hydrogens is 282 g/mol. The van der Waals surface area contributed by atoms with Gasteiger partial charge in [0.1, 0.15) is 12.9 Å². The van der Waals surface area contributed by atoms with Gasteiger partial charge in [0.05, 0.1) is 11.3 Å². The zero-order valence-electron chi connectivity index (χ0n) is 14.4. The van der Waals surface area contributed by atoms with Gasteiger partial charge in [-0.2, -0.15) is 0 Å². The van der Waals surface area contributed by atoms with E-state index >= 15 is 0 Å². The van der Waals surface area contributed by atoms with Gasteiger partial charge in [-0.25, -0.2) is 9.55 Å². The molecule has 0 saturated heterocycles. The van der Waals surface area contributed by atoms with Crippen molar-refractivity contribution in [2.24, 2.45) is 7.05 Å². The quantitative estimate of drug-likeness (QED) is 0.493. The fourth-order valence-corrected chi connectivity index (χ4v) is 3.78. The minimum atomic E-state index is 0.927. The van der Waals surface area contributed by atoms with Crippen molar-refractivity contribution in [3.8, 4) is 16.9 Å². The number of hydrogen-bond donors (Lipinski definition) is 0. The van der Waals surface area contributed by atoms with Gasteiger partial charge in [-0.15, -0.1) is 0 Å². The minimum Gasteiger partial charge on any atom is -0.302 e. The second-order valence-corrected chi connectivity index (χ2v) is 6.74. The van der Waals surface area contributed by atoms with E-state index in [0.717, 1.165) is 12.2 Å². The fraction of sp³-hybridized carbons (Fsp3) is 0.300. The largest absolute Gasteiger partial charge is 0.302 e. The highest BCUT2D eigenvalue weighted by Gasteiger charge is 2.28. The lowest BCUT2D eigenvalue weighted by atomic mass is 9.93. The molecule has 0 atom stereocenters. The Morgan fingerprint density at radius 2 is 1.78 bits per heavy atom. The minimum absolute atomic E-state index is 0.927. The SMILES string of the molecule is Cc1cc(-c2c(C)cc(C)c3c2-n2ccnc2C3)[n+](C)cc1C. The number of benzene rings is 1. The van der Waals surface area contributed by atoms with E-state index in [-0.39, 0.29) is 0 Å². The number of fused-ring (bicyclic) bond motifs is 3. The van der Waals surface area contributed by atoms with Gasteiger partial charge in [0.25, 0.3) is 0 Å². The molecule has 23 heavy (non-hydrogen) atoms. The van der Waals surface area contributed by atoms with E-state index in [1.165, 1.54) is 44.8 Å². The Kier molecular flexibility index (Phi) is 2.95. The molecule has 2 aromatic heterocycles. The van der Waals surface area contributed by atoms with Gasteiger partial charge in [0, 0.05) is 30.4 Å². The van der Waals surface area contributed by atoms with Crippen LogP contribution in [0.2, 0.25) is 0 Å². The highest BCUT2D eigenvalue weighted by molar-refractivity contribution is 5.78. The van der Waals surface area contributed by atoms with E-state index in [1.54, 1.807) is 0 Å². The summed E-state index contributed by atoms with van der Waals surface area (Å²) in [6, 6.07) is 4.62. The molecule has 4 rings (SSSR count). The first kappa shape index (κ1) is 14.2. The Morgan fingerprint density at radius 3 is 2.57 bits per heavy atom. The van der Waals surface area contributed by atoms with Crippen LogP contribution in [0.1, 0.15) is 33.6 Å². The van der Waals surface area contributed by atoms with Gasteiger partial charge in [0.15, 0.2) is 6.20 Å². The third-order valence-corrected chi connectivity index (χ3v) is 5.12. The first-order chi connectivity index (χ1) is 11.0. The van der Waals surface area contributed by atoms with E-state index in [9.17, 15) is 0 Å². The van der Waals surface area contributed by atoms with Crippen LogP contribution in [0.25, 0.3) is 16.9 Å². The zero-order valence-corrected chi connectivity index (χ0v) is 14.4. The second-order valence-electron chi connectivity index (χ2n) is 6.74. The predicted octanol–water partition coefficient (Wildman–Crippen LogP) is 3.50. The van der Waals surface area contributed by atoms with E-state index in [2.05, 4.69) is 73.4 Å². The van der Waals surface area contributed by atoms with Gasteiger partial charge in [-0.05, 0) is 49.9 Å². The third kappa shape index (κ3) is 1.96. The van der Waals surface area contributed by atoms with Crippen molar-refractivity contribution in [2.45, 2.75) is 34.1 Å². The topological polar surface area (TPSA) is 21.7 Å². The van der Waals surface area contributed by atoms with Crippen LogP contribution < -0.4 is 4.57 Å². The maximum Gasteiger partial charge on any atom is 0.214 e. The van der Waals surface area contributed by atoms with Crippen molar-refractivity contribution < 1.29 is 4.57 Å². The van der Waals surface area contributed by atoms with Crippen LogP contribution in [-0.2, 0) is 13.5 Å². The summed E-state index contributed by atoms with van der Waals surface area (Å²) in [4.78, 5) is 4.53. The summed E-state index contributed by atoms with van der Waals surface area (Å²) in [5.41, 5.74) is 10.6. The average Bonchev–Trinajstić information content (AvgIpc) is 3.06. The lowest BCUT2D eigenvalue weighted by molar-refractivity contribution is -0.660.